The fourth-order valence-electron chi connectivity index (χ4n) is 1.40. The van der Waals surface area contributed by atoms with Crippen molar-refractivity contribution in [3.8, 4) is 0 Å². The third-order valence-corrected chi connectivity index (χ3v) is 2.54. The maximum atomic E-state index is 6.02. The molecule has 0 bridgehead atoms. The van der Waals surface area contributed by atoms with E-state index in [0.29, 0.717) is 5.92 Å². The first kappa shape index (κ1) is 11.2. The molecule has 0 aliphatic carbocycles. The molecular weight excluding hydrogens is 174 g/mol. The number of aromatic nitrogens is 2. The summed E-state index contributed by atoms with van der Waals surface area (Å²) >= 11 is 0. The second kappa shape index (κ2) is 5.15. The average molecular weight is 195 g/mol. The van der Waals surface area contributed by atoms with Gasteiger partial charge in [-0.2, -0.15) is 0 Å². The first-order valence-electron chi connectivity index (χ1n) is 5.40. The molecule has 0 spiro atoms. The van der Waals surface area contributed by atoms with Crippen LogP contribution in [0.1, 0.15) is 33.0 Å². The summed E-state index contributed by atoms with van der Waals surface area (Å²) in [6.07, 6.45) is 6.05. The van der Waals surface area contributed by atoms with E-state index in [1.165, 1.54) is 0 Å². The molecule has 0 aliphatic heterocycles. The van der Waals surface area contributed by atoms with Crippen molar-refractivity contribution in [2.75, 3.05) is 0 Å². The highest BCUT2D eigenvalue weighted by atomic mass is 15.1. The number of hydrogen-bond acceptors (Lipinski definition) is 2. The minimum absolute atomic E-state index is 0.222. The summed E-state index contributed by atoms with van der Waals surface area (Å²) in [5.41, 5.74) is 6.02. The fraction of sp³-hybridized carbons (Fsp3) is 0.727. The first-order chi connectivity index (χ1) is 6.65. The standard InChI is InChI=1S/C11H21N3/c1-4-5-11-13-6-7-14(11)8-10(12)9(2)3/h6-7,9-10H,4-5,8,12H2,1-3H3. The second-order valence-electron chi connectivity index (χ2n) is 4.15. The third kappa shape index (κ3) is 2.84. The molecule has 1 aromatic heterocycles. The van der Waals surface area contributed by atoms with E-state index in [0.717, 1.165) is 25.2 Å². The van der Waals surface area contributed by atoms with Crippen molar-refractivity contribution in [1.29, 1.82) is 0 Å². The molecule has 1 atom stereocenters. The van der Waals surface area contributed by atoms with E-state index in [1.54, 1.807) is 0 Å². The highest BCUT2D eigenvalue weighted by molar-refractivity contribution is 4.93. The van der Waals surface area contributed by atoms with Crippen molar-refractivity contribution in [2.45, 2.75) is 46.2 Å². The van der Waals surface area contributed by atoms with E-state index in [2.05, 4.69) is 30.3 Å². The Kier molecular flexibility index (Phi) is 4.14. The second-order valence-corrected chi connectivity index (χ2v) is 4.15. The van der Waals surface area contributed by atoms with E-state index in [1.807, 2.05) is 12.4 Å². The van der Waals surface area contributed by atoms with Crippen LogP contribution in [-0.4, -0.2) is 15.6 Å². The van der Waals surface area contributed by atoms with Crippen LogP contribution in [0.25, 0.3) is 0 Å². The van der Waals surface area contributed by atoms with Crippen molar-refractivity contribution in [3.63, 3.8) is 0 Å². The van der Waals surface area contributed by atoms with Gasteiger partial charge >= 0.3 is 0 Å². The van der Waals surface area contributed by atoms with Crippen LogP contribution in [-0.2, 0) is 13.0 Å². The Balaban J connectivity index is 2.61. The van der Waals surface area contributed by atoms with Crippen LogP contribution in [0.3, 0.4) is 0 Å². The minimum Gasteiger partial charge on any atom is -0.333 e. The normalized spacial score (nSPS) is 13.5. The Hall–Kier alpha value is -0.830. The van der Waals surface area contributed by atoms with Crippen LogP contribution in [0.5, 0.6) is 0 Å². The number of nitrogens with zero attached hydrogens (tertiary/aromatic N) is 2. The van der Waals surface area contributed by atoms with Crippen molar-refractivity contribution in [3.05, 3.63) is 18.2 Å². The van der Waals surface area contributed by atoms with Gasteiger partial charge in [-0.3, -0.25) is 0 Å². The Labute approximate surface area is 86.3 Å². The van der Waals surface area contributed by atoms with Gasteiger partial charge in [-0.05, 0) is 12.3 Å². The lowest BCUT2D eigenvalue weighted by molar-refractivity contribution is 0.426. The van der Waals surface area contributed by atoms with Crippen LogP contribution in [0.4, 0.5) is 0 Å². The van der Waals surface area contributed by atoms with Gasteiger partial charge in [0.15, 0.2) is 0 Å². The first-order valence-corrected chi connectivity index (χ1v) is 5.40. The molecule has 80 valence electrons. The third-order valence-electron chi connectivity index (χ3n) is 2.54. The Bertz CT molecular complexity index is 265. The summed E-state index contributed by atoms with van der Waals surface area (Å²) < 4.78 is 2.17. The quantitative estimate of drug-likeness (QED) is 0.779. The molecule has 1 aromatic rings. The zero-order valence-corrected chi connectivity index (χ0v) is 9.40. The van der Waals surface area contributed by atoms with Gasteiger partial charge in [0.05, 0.1) is 0 Å². The highest BCUT2D eigenvalue weighted by Crippen LogP contribution is 2.06. The van der Waals surface area contributed by atoms with Crippen molar-refractivity contribution >= 4 is 0 Å². The lowest BCUT2D eigenvalue weighted by Crippen LogP contribution is -2.31. The zero-order valence-electron chi connectivity index (χ0n) is 9.40. The summed E-state index contributed by atoms with van der Waals surface area (Å²) in [4.78, 5) is 4.33. The molecule has 0 fully saturated rings. The van der Waals surface area contributed by atoms with Gasteiger partial charge < -0.3 is 10.3 Å². The van der Waals surface area contributed by atoms with E-state index < -0.39 is 0 Å². The lowest BCUT2D eigenvalue weighted by Gasteiger charge is -2.17. The van der Waals surface area contributed by atoms with E-state index in [-0.39, 0.29) is 6.04 Å². The molecule has 3 nitrogen and oxygen atoms in total. The van der Waals surface area contributed by atoms with Gasteiger partial charge in [-0.1, -0.05) is 20.8 Å². The molecule has 2 N–H and O–H groups in total. The minimum atomic E-state index is 0.222. The maximum absolute atomic E-state index is 6.02. The molecule has 1 rings (SSSR count). The predicted octanol–water partition coefficient (Wildman–Crippen LogP) is 1.82. The van der Waals surface area contributed by atoms with Crippen molar-refractivity contribution in [2.24, 2.45) is 11.7 Å². The van der Waals surface area contributed by atoms with Crippen LogP contribution in [0, 0.1) is 5.92 Å². The largest absolute Gasteiger partial charge is 0.333 e. The number of nitrogens with two attached hydrogens (primary N) is 1. The summed E-state index contributed by atoms with van der Waals surface area (Å²) in [6, 6.07) is 0.222. The molecule has 0 saturated carbocycles. The average Bonchev–Trinajstić information content (AvgIpc) is 2.53. The van der Waals surface area contributed by atoms with Gasteiger partial charge in [0.1, 0.15) is 5.82 Å². The smallest absolute Gasteiger partial charge is 0.108 e. The Morgan fingerprint density at radius 1 is 1.50 bits per heavy atom. The van der Waals surface area contributed by atoms with Gasteiger partial charge in [-0.15, -0.1) is 0 Å². The van der Waals surface area contributed by atoms with Gasteiger partial charge in [-0.25, -0.2) is 4.98 Å². The van der Waals surface area contributed by atoms with E-state index >= 15 is 0 Å². The van der Waals surface area contributed by atoms with Crippen LogP contribution in [0.15, 0.2) is 12.4 Å². The molecule has 0 amide bonds. The molecule has 0 aliphatic rings. The van der Waals surface area contributed by atoms with Crippen LogP contribution < -0.4 is 5.73 Å². The highest BCUT2D eigenvalue weighted by Gasteiger charge is 2.10. The van der Waals surface area contributed by atoms with E-state index in [9.17, 15) is 0 Å². The van der Waals surface area contributed by atoms with E-state index in [4.69, 9.17) is 5.73 Å². The fourth-order valence-corrected chi connectivity index (χ4v) is 1.40. The van der Waals surface area contributed by atoms with Crippen molar-refractivity contribution < 1.29 is 0 Å². The van der Waals surface area contributed by atoms with Crippen molar-refractivity contribution in [1.82, 2.24) is 9.55 Å². The number of aryl methyl sites for hydroxylation is 1. The topological polar surface area (TPSA) is 43.8 Å². The molecule has 1 heterocycles. The Morgan fingerprint density at radius 3 is 2.79 bits per heavy atom. The zero-order chi connectivity index (χ0) is 10.6. The number of imidazole rings is 1. The maximum Gasteiger partial charge on any atom is 0.108 e. The molecular formula is C11H21N3. The molecule has 3 heteroatoms. The summed E-state index contributed by atoms with van der Waals surface area (Å²) in [7, 11) is 0. The van der Waals surface area contributed by atoms with Crippen LogP contribution in [0.2, 0.25) is 0 Å². The SMILES string of the molecule is CCCc1nccn1CC(N)C(C)C. The molecule has 1 unspecified atom stereocenters. The van der Waals surface area contributed by atoms with Gasteiger partial charge in [0.2, 0.25) is 0 Å². The molecule has 0 radical (unpaired) electrons. The van der Waals surface area contributed by atoms with Gasteiger partial charge in [0, 0.05) is 31.4 Å². The van der Waals surface area contributed by atoms with Crippen LogP contribution >= 0.6 is 0 Å². The monoisotopic (exact) mass is 195 g/mol. The number of hydrogen-bond donors (Lipinski definition) is 1. The summed E-state index contributed by atoms with van der Waals surface area (Å²) in [5, 5.41) is 0. The number of rotatable bonds is 5. The molecule has 14 heavy (non-hydrogen) atoms. The molecule has 0 saturated heterocycles. The predicted molar refractivity (Wildman–Crippen MR) is 59.0 cm³/mol. The summed E-state index contributed by atoms with van der Waals surface area (Å²) in [5.74, 6) is 1.68. The lowest BCUT2D eigenvalue weighted by atomic mass is 10.1. The van der Waals surface area contributed by atoms with Gasteiger partial charge in [0.25, 0.3) is 0 Å². The molecule has 0 aromatic carbocycles. The summed E-state index contributed by atoms with van der Waals surface area (Å²) in [6.45, 7) is 7.36. The Morgan fingerprint density at radius 2 is 2.21 bits per heavy atom.